The van der Waals surface area contributed by atoms with Crippen molar-refractivity contribution in [2.24, 2.45) is 5.92 Å². The van der Waals surface area contributed by atoms with Gasteiger partial charge in [0.2, 0.25) is 0 Å². The monoisotopic (exact) mass is 228 g/mol. The highest BCUT2D eigenvalue weighted by Gasteiger charge is 2.56. The van der Waals surface area contributed by atoms with Crippen LogP contribution in [0.2, 0.25) is 0 Å². The third-order valence-electron chi connectivity index (χ3n) is 4.19. The van der Waals surface area contributed by atoms with Gasteiger partial charge >= 0.3 is 0 Å². The molecule has 1 saturated heterocycles. The summed E-state index contributed by atoms with van der Waals surface area (Å²) in [6.45, 7) is 12.1. The molecule has 96 valence electrons. The molecule has 3 unspecified atom stereocenters. The van der Waals surface area contributed by atoms with Crippen molar-refractivity contribution in [2.75, 3.05) is 20.7 Å². The van der Waals surface area contributed by atoms with E-state index in [1.165, 1.54) is 0 Å². The molecular weight excluding hydrogens is 200 g/mol. The van der Waals surface area contributed by atoms with Crippen molar-refractivity contribution in [1.82, 2.24) is 10.2 Å². The third-order valence-corrected chi connectivity index (χ3v) is 4.19. The van der Waals surface area contributed by atoms with Gasteiger partial charge in [0.1, 0.15) is 5.72 Å². The van der Waals surface area contributed by atoms with Crippen molar-refractivity contribution in [3.63, 3.8) is 0 Å². The average Bonchev–Trinajstić information content (AvgIpc) is 2.96. The zero-order valence-corrected chi connectivity index (χ0v) is 11.9. The van der Waals surface area contributed by atoms with Crippen LogP contribution in [0.4, 0.5) is 0 Å². The number of nitrogens with zero attached hydrogens (tertiary/aromatic N) is 1. The molecular formula is C13H28N2O. The van der Waals surface area contributed by atoms with Crippen molar-refractivity contribution < 1.29 is 4.74 Å². The van der Waals surface area contributed by atoms with Gasteiger partial charge in [-0.15, -0.1) is 0 Å². The van der Waals surface area contributed by atoms with Crippen molar-refractivity contribution in [2.45, 2.75) is 58.3 Å². The van der Waals surface area contributed by atoms with E-state index in [-0.39, 0.29) is 11.3 Å². The van der Waals surface area contributed by atoms with Gasteiger partial charge < -0.3 is 10.1 Å². The summed E-state index contributed by atoms with van der Waals surface area (Å²) in [4.78, 5) is 2.21. The van der Waals surface area contributed by atoms with Crippen molar-refractivity contribution in [1.29, 1.82) is 0 Å². The molecule has 0 aromatic rings. The van der Waals surface area contributed by atoms with Gasteiger partial charge in [-0.2, -0.15) is 0 Å². The predicted octanol–water partition coefficient (Wildman–Crippen LogP) is 2.08. The number of epoxide rings is 1. The molecule has 1 N–H and O–H groups in total. The fourth-order valence-corrected chi connectivity index (χ4v) is 2.40. The van der Waals surface area contributed by atoms with Crippen LogP contribution in [0.15, 0.2) is 0 Å². The number of rotatable bonds is 6. The fraction of sp³-hybridized carbons (Fsp3) is 1.00. The van der Waals surface area contributed by atoms with E-state index in [0.29, 0.717) is 12.0 Å². The lowest BCUT2D eigenvalue weighted by Gasteiger charge is -2.41. The number of hydrogen-bond acceptors (Lipinski definition) is 3. The van der Waals surface area contributed by atoms with Crippen LogP contribution in [-0.4, -0.2) is 42.9 Å². The van der Waals surface area contributed by atoms with Gasteiger partial charge in [-0.05, 0) is 41.3 Å². The lowest BCUT2D eigenvalue weighted by Crippen LogP contribution is -2.56. The van der Waals surface area contributed by atoms with Crippen LogP contribution < -0.4 is 5.32 Å². The SMILES string of the molecule is CCC(C)NC(C)(C)C(C)C1(N(C)C)CO1. The first-order chi connectivity index (χ1) is 7.26. The first-order valence-electron chi connectivity index (χ1n) is 6.35. The number of ether oxygens (including phenoxy) is 1. The van der Waals surface area contributed by atoms with Crippen LogP contribution in [0.1, 0.15) is 41.0 Å². The molecule has 0 aliphatic carbocycles. The van der Waals surface area contributed by atoms with E-state index in [0.717, 1.165) is 13.0 Å². The first kappa shape index (κ1) is 13.9. The van der Waals surface area contributed by atoms with Gasteiger partial charge in [0.05, 0.1) is 6.61 Å². The Balaban J connectivity index is 2.68. The average molecular weight is 228 g/mol. The molecule has 0 aromatic heterocycles. The molecule has 1 fully saturated rings. The molecule has 0 spiro atoms. The minimum atomic E-state index is -0.0516. The summed E-state index contributed by atoms with van der Waals surface area (Å²) in [6.07, 6.45) is 1.16. The molecule has 0 bridgehead atoms. The van der Waals surface area contributed by atoms with Gasteiger partial charge in [0.25, 0.3) is 0 Å². The van der Waals surface area contributed by atoms with Crippen molar-refractivity contribution in [3.05, 3.63) is 0 Å². The summed E-state index contributed by atoms with van der Waals surface area (Å²) in [5.41, 5.74) is 0.0418. The second kappa shape index (κ2) is 4.63. The summed E-state index contributed by atoms with van der Waals surface area (Å²) < 4.78 is 5.71. The maximum absolute atomic E-state index is 5.71. The van der Waals surface area contributed by atoms with Gasteiger partial charge in [-0.1, -0.05) is 13.8 Å². The highest BCUT2D eigenvalue weighted by molar-refractivity contribution is 5.03. The van der Waals surface area contributed by atoms with E-state index < -0.39 is 0 Å². The highest BCUT2D eigenvalue weighted by Crippen LogP contribution is 2.42. The van der Waals surface area contributed by atoms with Crippen LogP contribution >= 0.6 is 0 Å². The Hall–Kier alpha value is -0.120. The zero-order chi connectivity index (χ0) is 12.6. The molecule has 1 rings (SSSR count). The minimum absolute atomic E-state index is 0.0516. The fourth-order valence-electron chi connectivity index (χ4n) is 2.40. The number of likely N-dealkylation sites (N-methyl/N-ethyl adjacent to an activating group) is 1. The summed E-state index contributed by atoms with van der Waals surface area (Å²) in [5.74, 6) is 0.462. The third kappa shape index (κ3) is 2.58. The molecule has 0 amide bonds. The molecule has 0 radical (unpaired) electrons. The van der Waals surface area contributed by atoms with Gasteiger partial charge in [0, 0.05) is 17.5 Å². The molecule has 1 aliphatic heterocycles. The van der Waals surface area contributed by atoms with E-state index in [9.17, 15) is 0 Å². The molecule has 0 saturated carbocycles. The zero-order valence-electron chi connectivity index (χ0n) is 11.9. The Morgan fingerprint density at radius 1 is 1.38 bits per heavy atom. The van der Waals surface area contributed by atoms with E-state index in [1.807, 2.05) is 0 Å². The summed E-state index contributed by atoms with van der Waals surface area (Å²) in [7, 11) is 4.20. The Labute approximate surface area is 101 Å². The van der Waals surface area contributed by atoms with E-state index in [1.54, 1.807) is 0 Å². The molecule has 3 atom stereocenters. The maximum atomic E-state index is 5.71. The smallest absolute Gasteiger partial charge is 0.149 e. The summed E-state index contributed by atoms with van der Waals surface area (Å²) >= 11 is 0. The van der Waals surface area contributed by atoms with Gasteiger partial charge in [-0.25, -0.2) is 0 Å². The Kier molecular flexibility index (Phi) is 4.04. The Morgan fingerprint density at radius 2 is 1.88 bits per heavy atom. The summed E-state index contributed by atoms with van der Waals surface area (Å²) in [5, 5.41) is 3.70. The molecule has 3 nitrogen and oxygen atoms in total. The normalized spacial score (nSPS) is 29.2. The molecule has 1 heterocycles. The standard InChI is InChI=1S/C13H28N2O/c1-8-10(2)14-12(4,5)11(3)13(9-16-13)15(6)7/h10-11,14H,8-9H2,1-7H3. The van der Waals surface area contributed by atoms with Gasteiger partial charge in [0.15, 0.2) is 0 Å². The van der Waals surface area contributed by atoms with Crippen LogP contribution in [0.3, 0.4) is 0 Å². The molecule has 16 heavy (non-hydrogen) atoms. The number of nitrogens with one attached hydrogen (secondary N) is 1. The van der Waals surface area contributed by atoms with Crippen molar-refractivity contribution in [3.8, 4) is 0 Å². The lowest BCUT2D eigenvalue weighted by molar-refractivity contribution is 0.0297. The summed E-state index contributed by atoms with van der Waals surface area (Å²) in [6, 6.07) is 0.551. The predicted molar refractivity (Wildman–Crippen MR) is 68.5 cm³/mol. The second-order valence-corrected chi connectivity index (χ2v) is 5.92. The van der Waals surface area contributed by atoms with Crippen molar-refractivity contribution >= 4 is 0 Å². The van der Waals surface area contributed by atoms with Crippen LogP contribution in [0, 0.1) is 5.92 Å². The van der Waals surface area contributed by atoms with E-state index in [4.69, 9.17) is 4.74 Å². The number of hydrogen-bond donors (Lipinski definition) is 1. The lowest BCUT2D eigenvalue weighted by atomic mass is 9.82. The van der Waals surface area contributed by atoms with Gasteiger partial charge in [-0.3, -0.25) is 4.90 Å². The second-order valence-electron chi connectivity index (χ2n) is 5.92. The maximum Gasteiger partial charge on any atom is 0.149 e. The minimum Gasteiger partial charge on any atom is -0.353 e. The molecule has 1 aliphatic rings. The van der Waals surface area contributed by atoms with Crippen LogP contribution in [0.25, 0.3) is 0 Å². The van der Waals surface area contributed by atoms with Crippen LogP contribution in [-0.2, 0) is 4.74 Å². The Bertz CT molecular complexity index is 234. The van der Waals surface area contributed by atoms with E-state index >= 15 is 0 Å². The Morgan fingerprint density at radius 3 is 2.19 bits per heavy atom. The van der Waals surface area contributed by atoms with Crippen LogP contribution in [0.5, 0.6) is 0 Å². The molecule has 0 aromatic carbocycles. The first-order valence-corrected chi connectivity index (χ1v) is 6.35. The largest absolute Gasteiger partial charge is 0.353 e. The quantitative estimate of drug-likeness (QED) is 0.705. The highest BCUT2D eigenvalue weighted by atomic mass is 16.6. The molecule has 3 heteroatoms. The topological polar surface area (TPSA) is 27.8 Å². The van der Waals surface area contributed by atoms with E-state index in [2.05, 4.69) is 58.9 Å².